The molecule has 1 aromatic carbocycles. The quantitative estimate of drug-likeness (QED) is 0.367. The number of halogens is 5. The summed E-state index contributed by atoms with van der Waals surface area (Å²) < 4.78 is 60.2. The number of alkyl halides is 2. The first-order chi connectivity index (χ1) is 11.8. The van der Waals surface area contributed by atoms with Crippen LogP contribution in [0.25, 0.3) is 11.0 Å². The van der Waals surface area contributed by atoms with E-state index in [0.717, 1.165) is 23.4 Å². The van der Waals surface area contributed by atoms with E-state index in [1.54, 1.807) is 29.9 Å². The van der Waals surface area contributed by atoms with E-state index in [-0.39, 0.29) is 5.69 Å². The van der Waals surface area contributed by atoms with Crippen LogP contribution in [-0.4, -0.2) is 16.2 Å². The number of rotatable bonds is 5. The Bertz CT molecular complexity index is 935. The summed E-state index contributed by atoms with van der Waals surface area (Å²) in [6, 6.07) is 4.69. The molecule has 3 aromatic rings. The van der Waals surface area contributed by atoms with E-state index in [2.05, 4.69) is 14.4 Å². The molecule has 0 fully saturated rings. The number of ether oxygens (including phenoxy) is 1. The van der Waals surface area contributed by atoms with Crippen LogP contribution in [0.2, 0.25) is 5.15 Å². The average Bonchev–Trinajstić information content (AvgIpc) is 2.84. The lowest BCUT2D eigenvalue weighted by atomic mass is 10.3. The third-order valence-electron chi connectivity index (χ3n) is 3.26. The number of aromatic nitrogens is 2. The third kappa shape index (κ3) is 3.77. The van der Waals surface area contributed by atoms with Gasteiger partial charge in [0.05, 0.1) is 10.6 Å². The van der Waals surface area contributed by atoms with Crippen LogP contribution >= 0.6 is 23.5 Å². The van der Waals surface area contributed by atoms with Gasteiger partial charge in [0.15, 0.2) is 17.4 Å². The standard InChI is InChI=1S/C15H10ClF4N3OS/c1-23-6-12(7-2-3-13(16)21-14(7)23)25-22-10-4-9(18)11(5-8(10)17)24-15(19)20/h2-6,15,22H,1H3. The summed E-state index contributed by atoms with van der Waals surface area (Å²) in [4.78, 5) is 4.89. The zero-order valence-corrected chi connectivity index (χ0v) is 14.1. The van der Waals surface area contributed by atoms with Crippen LogP contribution < -0.4 is 9.46 Å². The van der Waals surface area contributed by atoms with Gasteiger partial charge in [0.1, 0.15) is 10.8 Å². The van der Waals surface area contributed by atoms with Gasteiger partial charge in [-0.15, -0.1) is 0 Å². The fourth-order valence-corrected chi connectivity index (χ4v) is 3.18. The van der Waals surface area contributed by atoms with Crippen LogP contribution in [0.3, 0.4) is 0 Å². The number of aryl methyl sites for hydroxylation is 1. The van der Waals surface area contributed by atoms with Crippen molar-refractivity contribution in [2.75, 3.05) is 4.72 Å². The van der Waals surface area contributed by atoms with E-state index < -0.39 is 24.0 Å². The lowest BCUT2D eigenvalue weighted by molar-refractivity contribution is -0.0523. The van der Waals surface area contributed by atoms with Gasteiger partial charge in [0.2, 0.25) is 0 Å². The average molecular weight is 392 g/mol. The SMILES string of the molecule is Cn1cc(SNc2cc(F)c(OC(F)F)cc2F)c2ccc(Cl)nc21. The number of benzene rings is 1. The number of fused-ring (bicyclic) bond motifs is 1. The fourth-order valence-electron chi connectivity index (χ4n) is 2.18. The van der Waals surface area contributed by atoms with E-state index in [4.69, 9.17) is 11.6 Å². The predicted molar refractivity (Wildman–Crippen MR) is 88.2 cm³/mol. The first-order valence-corrected chi connectivity index (χ1v) is 8.03. The number of hydrogen-bond donors (Lipinski definition) is 1. The Kier molecular flexibility index (Phi) is 4.96. The normalized spacial score (nSPS) is 11.3. The highest BCUT2D eigenvalue weighted by atomic mass is 35.5. The summed E-state index contributed by atoms with van der Waals surface area (Å²) in [6.45, 7) is -3.24. The number of nitrogens with one attached hydrogen (secondary N) is 1. The van der Waals surface area contributed by atoms with E-state index in [0.29, 0.717) is 21.8 Å². The fraction of sp³-hybridized carbons (Fsp3) is 0.133. The van der Waals surface area contributed by atoms with Gasteiger partial charge in [-0.2, -0.15) is 8.78 Å². The van der Waals surface area contributed by atoms with Crippen LogP contribution in [0.5, 0.6) is 5.75 Å². The molecule has 10 heteroatoms. The van der Waals surface area contributed by atoms with Gasteiger partial charge in [-0.05, 0) is 24.1 Å². The number of pyridine rings is 1. The molecule has 2 heterocycles. The molecule has 0 saturated heterocycles. The molecule has 25 heavy (non-hydrogen) atoms. The Balaban J connectivity index is 1.83. The van der Waals surface area contributed by atoms with E-state index in [9.17, 15) is 17.6 Å². The Hall–Kier alpha value is -2.13. The van der Waals surface area contributed by atoms with Crippen molar-refractivity contribution in [3.05, 3.63) is 47.2 Å². The van der Waals surface area contributed by atoms with Crippen LogP contribution in [0.1, 0.15) is 0 Å². The molecule has 0 unspecified atom stereocenters. The predicted octanol–water partition coefficient (Wildman–Crippen LogP) is 5.23. The summed E-state index contributed by atoms with van der Waals surface area (Å²) in [6.07, 6.45) is 1.74. The van der Waals surface area contributed by atoms with Crippen LogP contribution in [-0.2, 0) is 7.05 Å². The van der Waals surface area contributed by atoms with Gasteiger partial charge in [-0.1, -0.05) is 11.6 Å². The molecule has 132 valence electrons. The summed E-state index contributed by atoms with van der Waals surface area (Å²) in [5, 5.41) is 1.10. The molecule has 1 N–H and O–H groups in total. The van der Waals surface area contributed by atoms with Crippen LogP contribution in [0.15, 0.2) is 35.4 Å². The monoisotopic (exact) mass is 391 g/mol. The maximum Gasteiger partial charge on any atom is 0.387 e. The van der Waals surface area contributed by atoms with E-state index >= 15 is 0 Å². The molecule has 0 radical (unpaired) electrons. The lowest BCUT2D eigenvalue weighted by Gasteiger charge is -2.10. The molecule has 0 saturated carbocycles. The van der Waals surface area contributed by atoms with Crippen molar-refractivity contribution in [3.8, 4) is 5.75 Å². The van der Waals surface area contributed by atoms with Gasteiger partial charge in [0.25, 0.3) is 0 Å². The summed E-state index contributed by atoms with van der Waals surface area (Å²) in [5.41, 5.74) is 0.423. The van der Waals surface area contributed by atoms with Gasteiger partial charge in [-0.25, -0.2) is 13.8 Å². The van der Waals surface area contributed by atoms with Gasteiger partial charge in [-0.3, -0.25) is 0 Å². The number of nitrogens with zero attached hydrogens (tertiary/aromatic N) is 2. The van der Waals surface area contributed by atoms with Gasteiger partial charge < -0.3 is 14.0 Å². The van der Waals surface area contributed by atoms with E-state index in [1.165, 1.54) is 0 Å². The highest BCUT2D eigenvalue weighted by Crippen LogP contribution is 2.33. The molecule has 0 aliphatic heterocycles. The van der Waals surface area contributed by atoms with Crippen molar-refractivity contribution in [1.29, 1.82) is 0 Å². The molecular weight excluding hydrogens is 382 g/mol. The lowest BCUT2D eigenvalue weighted by Crippen LogP contribution is -2.05. The van der Waals surface area contributed by atoms with Crippen LogP contribution in [0.4, 0.5) is 23.2 Å². The van der Waals surface area contributed by atoms with E-state index in [1.807, 2.05) is 0 Å². The molecule has 0 bridgehead atoms. The van der Waals surface area contributed by atoms with Gasteiger partial charge >= 0.3 is 6.61 Å². The second-order valence-corrected chi connectivity index (χ2v) is 6.19. The minimum atomic E-state index is -3.24. The maximum absolute atomic E-state index is 14.0. The molecule has 3 rings (SSSR count). The topological polar surface area (TPSA) is 39.1 Å². The minimum absolute atomic E-state index is 0.206. The molecule has 0 atom stereocenters. The maximum atomic E-state index is 14.0. The molecular formula is C15H10ClF4N3OS. The van der Waals surface area contributed by atoms with Crippen LogP contribution in [0, 0.1) is 11.6 Å². The Morgan fingerprint density at radius 1 is 1.24 bits per heavy atom. The number of hydrogen-bond acceptors (Lipinski definition) is 4. The summed E-state index contributed by atoms with van der Waals surface area (Å²) >= 11 is 6.88. The zero-order chi connectivity index (χ0) is 18.1. The highest BCUT2D eigenvalue weighted by Gasteiger charge is 2.16. The third-order valence-corrected chi connectivity index (χ3v) is 4.34. The van der Waals surface area contributed by atoms with Crippen molar-refractivity contribution >= 4 is 40.3 Å². The summed E-state index contributed by atoms with van der Waals surface area (Å²) in [7, 11) is 1.77. The highest BCUT2D eigenvalue weighted by molar-refractivity contribution is 8.00. The second-order valence-electron chi connectivity index (χ2n) is 4.95. The van der Waals surface area contributed by atoms with Crippen molar-refractivity contribution in [2.45, 2.75) is 11.5 Å². The molecule has 0 aliphatic rings. The zero-order valence-electron chi connectivity index (χ0n) is 12.6. The van der Waals surface area contributed by atoms with Crippen molar-refractivity contribution in [2.24, 2.45) is 7.05 Å². The first-order valence-electron chi connectivity index (χ1n) is 6.83. The molecule has 0 spiro atoms. The molecule has 4 nitrogen and oxygen atoms in total. The van der Waals surface area contributed by atoms with Crippen molar-refractivity contribution < 1.29 is 22.3 Å². The molecule has 2 aromatic heterocycles. The van der Waals surface area contributed by atoms with Gasteiger partial charge in [0, 0.05) is 30.8 Å². The molecule has 0 amide bonds. The summed E-state index contributed by atoms with van der Waals surface area (Å²) in [5.74, 6) is -2.88. The Labute approximate surface area is 148 Å². The smallest absolute Gasteiger partial charge is 0.387 e. The minimum Gasteiger partial charge on any atom is -0.432 e. The Morgan fingerprint density at radius 3 is 2.72 bits per heavy atom. The van der Waals surface area contributed by atoms with Crippen molar-refractivity contribution in [1.82, 2.24) is 9.55 Å². The first kappa shape index (κ1) is 17.7. The second kappa shape index (κ2) is 7.01. The Morgan fingerprint density at radius 2 is 2.00 bits per heavy atom. The largest absolute Gasteiger partial charge is 0.432 e. The molecule has 0 aliphatic carbocycles. The van der Waals surface area contributed by atoms with Crippen molar-refractivity contribution in [3.63, 3.8) is 0 Å². The number of anilines is 1.